The molecule has 2 nitrogen and oxygen atoms in total. The Labute approximate surface area is 121 Å². The second kappa shape index (κ2) is 7.71. The van der Waals surface area contributed by atoms with Gasteiger partial charge in [-0.25, -0.2) is 0 Å². The molecule has 1 unspecified atom stereocenters. The van der Waals surface area contributed by atoms with Gasteiger partial charge in [0.1, 0.15) is 0 Å². The molecule has 1 atom stereocenters. The Kier molecular flexibility index (Phi) is 5.63. The third-order valence-corrected chi connectivity index (χ3v) is 3.51. The molecule has 0 amide bonds. The number of hydrogen-bond donors (Lipinski definition) is 1. The van der Waals surface area contributed by atoms with Crippen LogP contribution in [0.25, 0.3) is 0 Å². The summed E-state index contributed by atoms with van der Waals surface area (Å²) in [6.45, 7) is 3.92. The van der Waals surface area contributed by atoms with Crippen molar-refractivity contribution in [1.29, 1.82) is 0 Å². The van der Waals surface area contributed by atoms with Crippen LogP contribution in [0, 0.1) is 0 Å². The quantitative estimate of drug-likeness (QED) is 0.802. The van der Waals surface area contributed by atoms with E-state index in [1.807, 2.05) is 0 Å². The monoisotopic (exact) mass is 269 g/mol. The molecule has 0 heterocycles. The third kappa shape index (κ3) is 4.39. The molecule has 106 valence electrons. The van der Waals surface area contributed by atoms with E-state index in [1.54, 1.807) is 7.11 Å². The fourth-order valence-electron chi connectivity index (χ4n) is 2.32. The molecule has 2 rings (SSSR count). The van der Waals surface area contributed by atoms with Gasteiger partial charge in [0.05, 0.1) is 6.61 Å². The Morgan fingerprint density at radius 1 is 1.05 bits per heavy atom. The summed E-state index contributed by atoms with van der Waals surface area (Å²) in [5, 5.41) is 3.49. The van der Waals surface area contributed by atoms with E-state index < -0.39 is 0 Å². The van der Waals surface area contributed by atoms with Gasteiger partial charge in [-0.05, 0) is 35.6 Å². The molecule has 0 spiro atoms. The van der Waals surface area contributed by atoms with Gasteiger partial charge in [-0.3, -0.25) is 0 Å². The van der Waals surface area contributed by atoms with Gasteiger partial charge in [0.2, 0.25) is 0 Å². The van der Waals surface area contributed by atoms with Gasteiger partial charge in [-0.2, -0.15) is 0 Å². The molecule has 1 N–H and O–H groups in total. The molecular weight excluding hydrogens is 246 g/mol. The number of methoxy groups -OCH3 is 1. The second-order valence-electron chi connectivity index (χ2n) is 5.16. The lowest BCUT2D eigenvalue weighted by Crippen LogP contribution is -2.06. The molecule has 0 aromatic heterocycles. The van der Waals surface area contributed by atoms with Crippen molar-refractivity contribution < 1.29 is 4.74 Å². The number of benzene rings is 2. The molecule has 0 saturated heterocycles. The van der Waals surface area contributed by atoms with E-state index in [4.69, 9.17) is 4.74 Å². The van der Waals surface area contributed by atoms with Crippen LogP contribution >= 0.6 is 0 Å². The lowest BCUT2D eigenvalue weighted by atomic mass is 9.98. The molecule has 2 aromatic carbocycles. The van der Waals surface area contributed by atoms with Gasteiger partial charge in [0.25, 0.3) is 0 Å². The first-order valence-corrected chi connectivity index (χ1v) is 7.16. The van der Waals surface area contributed by atoms with Crippen molar-refractivity contribution in [2.75, 3.05) is 19.0 Å². The van der Waals surface area contributed by atoms with Gasteiger partial charge in [0, 0.05) is 19.3 Å². The molecule has 0 radical (unpaired) electrons. The Hall–Kier alpha value is -1.80. The van der Waals surface area contributed by atoms with E-state index in [9.17, 15) is 0 Å². The zero-order chi connectivity index (χ0) is 14.2. The highest BCUT2D eigenvalue weighted by Crippen LogP contribution is 2.19. The summed E-state index contributed by atoms with van der Waals surface area (Å²) >= 11 is 0. The highest BCUT2D eigenvalue weighted by atomic mass is 16.5. The molecule has 0 aliphatic carbocycles. The van der Waals surface area contributed by atoms with Crippen molar-refractivity contribution in [3.63, 3.8) is 0 Å². The van der Waals surface area contributed by atoms with Crippen molar-refractivity contribution in [2.45, 2.75) is 25.9 Å². The van der Waals surface area contributed by atoms with Crippen LogP contribution in [0.1, 0.15) is 30.4 Å². The van der Waals surface area contributed by atoms with Crippen molar-refractivity contribution in [3.05, 3.63) is 65.7 Å². The number of ether oxygens (including phenoxy) is 1. The van der Waals surface area contributed by atoms with Crippen LogP contribution in [0.2, 0.25) is 0 Å². The zero-order valence-electron chi connectivity index (χ0n) is 12.3. The fraction of sp³-hybridized carbons (Fsp3) is 0.333. The van der Waals surface area contributed by atoms with Crippen molar-refractivity contribution in [2.24, 2.45) is 0 Å². The Bertz CT molecular complexity index is 510. The average Bonchev–Trinajstić information content (AvgIpc) is 2.49. The summed E-state index contributed by atoms with van der Waals surface area (Å²) in [6, 6.07) is 19.1. The Morgan fingerprint density at radius 3 is 2.60 bits per heavy atom. The number of rotatable bonds is 7. The van der Waals surface area contributed by atoms with Gasteiger partial charge in [0.15, 0.2) is 0 Å². The lowest BCUT2D eigenvalue weighted by Gasteiger charge is -2.13. The van der Waals surface area contributed by atoms with Gasteiger partial charge < -0.3 is 10.1 Å². The second-order valence-corrected chi connectivity index (χ2v) is 5.16. The summed E-state index contributed by atoms with van der Waals surface area (Å²) in [5.41, 5.74) is 3.77. The largest absolute Gasteiger partial charge is 0.385 e. The molecule has 0 fully saturated rings. The summed E-state index contributed by atoms with van der Waals surface area (Å²) in [6.07, 6.45) is 1.12. The van der Waals surface area contributed by atoms with Crippen molar-refractivity contribution >= 4 is 5.69 Å². The van der Waals surface area contributed by atoms with Crippen LogP contribution in [0.5, 0.6) is 0 Å². The molecule has 20 heavy (non-hydrogen) atoms. The van der Waals surface area contributed by atoms with E-state index in [2.05, 4.69) is 66.8 Å². The predicted molar refractivity (Wildman–Crippen MR) is 85.1 cm³/mol. The van der Waals surface area contributed by atoms with Crippen molar-refractivity contribution in [1.82, 2.24) is 0 Å². The summed E-state index contributed by atoms with van der Waals surface area (Å²) in [7, 11) is 1.72. The first-order valence-electron chi connectivity index (χ1n) is 7.16. The third-order valence-electron chi connectivity index (χ3n) is 3.51. The minimum Gasteiger partial charge on any atom is -0.385 e. The molecule has 2 aromatic rings. The molecular formula is C18H23NO. The minimum atomic E-state index is 0.575. The average molecular weight is 269 g/mol. The fourth-order valence-corrected chi connectivity index (χ4v) is 2.32. The smallest absolute Gasteiger partial charge is 0.0713 e. The van der Waals surface area contributed by atoms with Crippen LogP contribution in [-0.4, -0.2) is 13.7 Å². The first-order chi connectivity index (χ1) is 9.79. The Balaban J connectivity index is 1.82. The predicted octanol–water partition coefficient (Wildman–Crippen LogP) is 4.44. The van der Waals surface area contributed by atoms with E-state index in [1.165, 1.54) is 16.8 Å². The topological polar surface area (TPSA) is 21.3 Å². The normalized spacial score (nSPS) is 12.1. The molecule has 0 aliphatic heterocycles. The van der Waals surface area contributed by atoms with E-state index >= 15 is 0 Å². The van der Waals surface area contributed by atoms with E-state index in [0.29, 0.717) is 12.5 Å². The summed E-state index contributed by atoms with van der Waals surface area (Å²) in [4.78, 5) is 0. The SMILES string of the molecule is COCc1cccc(NCCC(C)c2ccccc2)c1. The van der Waals surface area contributed by atoms with Crippen LogP contribution in [0.4, 0.5) is 5.69 Å². The van der Waals surface area contributed by atoms with Gasteiger partial charge in [-0.1, -0.05) is 49.4 Å². The number of nitrogens with one attached hydrogen (secondary N) is 1. The highest BCUT2D eigenvalue weighted by Gasteiger charge is 2.04. The highest BCUT2D eigenvalue weighted by molar-refractivity contribution is 5.45. The summed E-state index contributed by atoms with van der Waals surface area (Å²) in [5.74, 6) is 0.575. The molecule has 0 aliphatic rings. The van der Waals surface area contributed by atoms with Crippen LogP contribution in [0.3, 0.4) is 0 Å². The van der Waals surface area contributed by atoms with E-state index in [-0.39, 0.29) is 0 Å². The van der Waals surface area contributed by atoms with Crippen LogP contribution < -0.4 is 5.32 Å². The standard InChI is InChI=1S/C18H23NO/c1-15(17-8-4-3-5-9-17)11-12-19-18-10-6-7-16(13-18)14-20-2/h3-10,13,15,19H,11-12,14H2,1-2H3. The van der Waals surface area contributed by atoms with Crippen molar-refractivity contribution in [3.8, 4) is 0 Å². The molecule has 0 bridgehead atoms. The van der Waals surface area contributed by atoms with Gasteiger partial charge in [-0.15, -0.1) is 0 Å². The maximum atomic E-state index is 5.16. The van der Waals surface area contributed by atoms with E-state index in [0.717, 1.165) is 13.0 Å². The van der Waals surface area contributed by atoms with Crippen LogP contribution in [-0.2, 0) is 11.3 Å². The molecule has 2 heteroatoms. The first kappa shape index (κ1) is 14.6. The number of hydrogen-bond acceptors (Lipinski definition) is 2. The lowest BCUT2D eigenvalue weighted by molar-refractivity contribution is 0.185. The molecule has 0 saturated carbocycles. The van der Waals surface area contributed by atoms with Gasteiger partial charge >= 0.3 is 0 Å². The maximum absolute atomic E-state index is 5.16. The number of anilines is 1. The van der Waals surface area contributed by atoms with Crippen LogP contribution in [0.15, 0.2) is 54.6 Å². The summed E-state index contributed by atoms with van der Waals surface area (Å²) < 4.78 is 5.16. The minimum absolute atomic E-state index is 0.575. The zero-order valence-corrected chi connectivity index (χ0v) is 12.3. The maximum Gasteiger partial charge on any atom is 0.0713 e. The Morgan fingerprint density at radius 2 is 1.85 bits per heavy atom.